The number of hydrogen-bond donors (Lipinski definition) is 1. The Labute approximate surface area is 136 Å². The molecule has 0 saturated carbocycles. The van der Waals surface area contributed by atoms with Crippen molar-refractivity contribution in [1.29, 1.82) is 0 Å². The average Bonchev–Trinajstić information content (AvgIpc) is 2.56. The van der Waals surface area contributed by atoms with E-state index in [1.165, 1.54) is 50.5 Å². The van der Waals surface area contributed by atoms with Gasteiger partial charge in [0.25, 0.3) is 0 Å². The van der Waals surface area contributed by atoms with Gasteiger partial charge in [-0.1, -0.05) is 31.5 Å². The van der Waals surface area contributed by atoms with Crippen LogP contribution in [0.1, 0.15) is 68.6 Å². The van der Waals surface area contributed by atoms with Crippen molar-refractivity contribution >= 4 is 0 Å². The van der Waals surface area contributed by atoms with E-state index in [0.717, 1.165) is 25.7 Å². The molecule has 22 heavy (non-hydrogen) atoms. The molecule has 0 fully saturated rings. The number of fused-ring (bicyclic) bond motifs is 1. The zero-order valence-corrected chi connectivity index (χ0v) is 14.4. The molecule has 1 aliphatic carbocycles. The summed E-state index contributed by atoms with van der Waals surface area (Å²) in [5.41, 5.74) is 10.6. The molecule has 2 heteroatoms. The van der Waals surface area contributed by atoms with Crippen LogP contribution in [0.2, 0.25) is 0 Å². The first-order valence-corrected chi connectivity index (χ1v) is 9.17. The van der Waals surface area contributed by atoms with Crippen LogP contribution in [0.4, 0.5) is 0 Å². The summed E-state index contributed by atoms with van der Waals surface area (Å²) in [7, 11) is 0. The summed E-state index contributed by atoms with van der Waals surface area (Å²) in [5, 5.41) is 0. The van der Waals surface area contributed by atoms with Gasteiger partial charge >= 0.3 is 0 Å². The molecule has 1 unspecified atom stereocenters. The summed E-state index contributed by atoms with van der Waals surface area (Å²) in [4.78, 5) is 0. The summed E-state index contributed by atoms with van der Waals surface area (Å²) in [6.07, 6.45) is 8.76. The fourth-order valence-corrected chi connectivity index (χ4v) is 3.74. The lowest BCUT2D eigenvalue weighted by Gasteiger charge is -2.26. The lowest BCUT2D eigenvalue weighted by molar-refractivity contribution is 0.138. The van der Waals surface area contributed by atoms with Crippen molar-refractivity contribution in [3.05, 3.63) is 34.9 Å². The van der Waals surface area contributed by atoms with Gasteiger partial charge < -0.3 is 10.5 Å². The van der Waals surface area contributed by atoms with Crippen molar-refractivity contribution in [2.24, 2.45) is 11.7 Å². The van der Waals surface area contributed by atoms with Crippen molar-refractivity contribution in [3.63, 3.8) is 0 Å². The highest BCUT2D eigenvalue weighted by molar-refractivity contribution is 5.36. The van der Waals surface area contributed by atoms with Gasteiger partial charge in [-0.05, 0) is 80.5 Å². The Balaban J connectivity index is 1.93. The molecule has 0 amide bonds. The standard InChI is InChI=1S/C20H33NO/c1-3-6-20(15-21)19-11-10-17-13-16(7-5-12-22-4-2)8-9-18(17)14-19/h10-11,14,16,20H,3-9,12-13,15,21H2,1-2H3/t16-,20?/m0/s1. The summed E-state index contributed by atoms with van der Waals surface area (Å²) in [5.74, 6) is 1.39. The molecular formula is C20H33NO. The van der Waals surface area contributed by atoms with Crippen LogP contribution in [0.3, 0.4) is 0 Å². The van der Waals surface area contributed by atoms with Crippen LogP contribution in [0.25, 0.3) is 0 Å². The fraction of sp³-hybridized carbons (Fsp3) is 0.700. The van der Waals surface area contributed by atoms with Crippen LogP contribution >= 0.6 is 0 Å². The predicted octanol–water partition coefficient (Wildman–Crippen LogP) is 4.45. The number of nitrogens with two attached hydrogens (primary N) is 1. The number of hydrogen-bond acceptors (Lipinski definition) is 2. The van der Waals surface area contributed by atoms with E-state index in [-0.39, 0.29) is 0 Å². The first-order chi connectivity index (χ1) is 10.8. The largest absolute Gasteiger partial charge is 0.382 e. The van der Waals surface area contributed by atoms with Crippen molar-refractivity contribution in [2.45, 2.75) is 64.7 Å². The van der Waals surface area contributed by atoms with Gasteiger partial charge in [-0.2, -0.15) is 0 Å². The molecule has 0 radical (unpaired) electrons. The highest BCUT2D eigenvalue weighted by atomic mass is 16.5. The molecule has 2 rings (SSSR count). The van der Waals surface area contributed by atoms with E-state index in [1.807, 2.05) is 0 Å². The highest BCUT2D eigenvalue weighted by Gasteiger charge is 2.19. The highest BCUT2D eigenvalue weighted by Crippen LogP contribution is 2.31. The lowest BCUT2D eigenvalue weighted by atomic mass is 9.80. The van der Waals surface area contributed by atoms with Gasteiger partial charge in [-0.3, -0.25) is 0 Å². The molecule has 0 saturated heterocycles. The second-order valence-electron chi connectivity index (χ2n) is 6.70. The number of rotatable bonds is 9. The molecule has 124 valence electrons. The maximum absolute atomic E-state index is 5.96. The SMILES string of the molecule is CCCC(CN)c1ccc2c(c1)CC[C@H](CCCOCC)C2. The molecule has 0 spiro atoms. The second-order valence-corrected chi connectivity index (χ2v) is 6.70. The fourth-order valence-electron chi connectivity index (χ4n) is 3.74. The quantitative estimate of drug-likeness (QED) is 0.684. The van der Waals surface area contributed by atoms with E-state index in [9.17, 15) is 0 Å². The van der Waals surface area contributed by atoms with E-state index in [1.54, 1.807) is 11.1 Å². The predicted molar refractivity (Wildman–Crippen MR) is 94.4 cm³/mol. The van der Waals surface area contributed by atoms with E-state index >= 15 is 0 Å². The molecule has 1 aromatic rings. The molecule has 1 aliphatic rings. The third-order valence-corrected chi connectivity index (χ3v) is 5.06. The molecule has 2 atom stereocenters. The maximum Gasteiger partial charge on any atom is 0.0465 e. The van der Waals surface area contributed by atoms with Crippen molar-refractivity contribution in [3.8, 4) is 0 Å². The number of benzene rings is 1. The van der Waals surface area contributed by atoms with Gasteiger partial charge in [0.05, 0.1) is 0 Å². The zero-order valence-electron chi connectivity index (χ0n) is 14.4. The van der Waals surface area contributed by atoms with E-state index in [0.29, 0.717) is 5.92 Å². The van der Waals surface area contributed by atoms with E-state index < -0.39 is 0 Å². The Morgan fingerprint density at radius 2 is 2.14 bits per heavy atom. The molecule has 2 nitrogen and oxygen atoms in total. The van der Waals surface area contributed by atoms with Crippen molar-refractivity contribution < 1.29 is 4.74 Å². The summed E-state index contributed by atoms with van der Waals surface area (Å²) in [6, 6.07) is 7.14. The molecular weight excluding hydrogens is 270 g/mol. The Bertz CT molecular complexity index is 443. The van der Waals surface area contributed by atoms with Crippen LogP contribution in [-0.4, -0.2) is 19.8 Å². The van der Waals surface area contributed by atoms with Crippen LogP contribution in [-0.2, 0) is 17.6 Å². The molecule has 0 aromatic heterocycles. The van der Waals surface area contributed by atoms with Crippen LogP contribution in [0.15, 0.2) is 18.2 Å². The Kier molecular flexibility index (Phi) is 7.41. The Morgan fingerprint density at radius 3 is 2.86 bits per heavy atom. The monoisotopic (exact) mass is 303 g/mol. The molecule has 1 aromatic carbocycles. The molecule has 0 aliphatic heterocycles. The lowest BCUT2D eigenvalue weighted by Crippen LogP contribution is -2.17. The molecule has 0 bridgehead atoms. The minimum Gasteiger partial charge on any atom is -0.382 e. The van der Waals surface area contributed by atoms with Gasteiger partial charge in [0.15, 0.2) is 0 Å². The molecule has 2 N–H and O–H groups in total. The second kappa shape index (κ2) is 9.32. The third-order valence-electron chi connectivity index (χ3n) is 5.06. The zero-order chi connectivity index (χ0) is 15.8. The normalized spacial score (nSPS) is 19.0. The van der Waals surface area contributed by atoms with Crippen LogP contribution in [0, 0.1) is 5.92 Å². The topological polar surface area (TPSA) is 35.2 Å². The van der Waals surface area contributed by atoms with Gasteiger partial charge in [-0.15, -0.1) is 0 Å². The van der Waals surface area contributed by atoms with Gasteiger partial charge in [0.2, 0.25) is 0 Å². The molecule has 0 heterocycles. The number of ether oxygens (including phenoxy) is 1. The minimum atomic E-state index is 0.541. The summed E-state index contributed by atoms with van der Waals surface area (Å²) >= 11 is 0. The van der Waals surface area contributed by atoms with E-state index in [2.05, 4.69) is 32.0 Å². The van der Waals surface area contributed by atoms with Gasteiger partial charge in [0.1, 0.15) is 0 Å². The first kappa shape index (κ1) is 17.5. The third kappa shape index (κ3) is 4.82. The average molecular weight is 303 g/mol. The number of aryl methyl sites for hydroxylation is 1. The maximum atomic E-state index is 5.96. The first-order valence-electron chi connectivity index (χ1n) is 9.17. The Hall–Kier alpha value is -0.860. The minimum absolute atomic E-state index is 0.541. The van der Waals surface area contributed by atoms with Crippen LogP contribution in [0.5, 0.6) is 0 Å². The van der Waals surface area contributed by atoms with E-state index in [4.69, 9.17) is 10.5 Å². The van der Waals surface area contributed by atoms with Gasteiger partial charge in [-0.25, -0.2) is 0 Å². The smallest absolute Gasteiger partial charge is 0.0465 e. The van der Waals surface area contributed by atoms with Crippen LogP contribution < -0.4 is 5.73 Å². The summed E-state index contributed by atoms with van der Waals surface area (Å²) < 4.78 is 5.46. The Morgan fingerprint density at radius 1 is 1.27 bits per heavy atom. The van der Waals surface area contributed by atoms with Gasteiger partial charge in [0, 0.05) is 13.2 Å². The van der Waals surface area contributed by atoms with Crippen molar-refractivity contribution in [2.75, 3.05) is 19.8 Å². The summed E-state index contributed by atoms with van der Waals surface area (Å²) in [6.45, 7) is 6.85. The van der Waals surface area contributed by atoms with Crippen molar-refractivity contribution in [1.82, 2.24) is 0 Å².